The number of thiophene rings is 6. The molecule has 0 saturated heterocycles. The van der Waals surface area contributed by atoms with E-state index >= 15 is 26.3 Å². The summed E-state index contributed by atoms with van der Waals surface area (Å²) in [6.07, 6.45) is 4.82. The standard InChI is InChI=1S/C61H82F6O6S8/c1-57(2,3)49-23-19-43(74-49)47-39-41(55(78-47)45-20-24-50(75-45)58(4,5)6)53-54(60(64,65)61(66,67)59(53,62)63)42-40-48(44-21-25-51(76-44)80(33-13-27-68-7,34-14-28-69-8)35-15-29-70-9)79-56(42)46-22-26-52(77-46)81(36-16-30-71-10,37-17-31-72-11)38-18-32-73-12/h19-26,39-40H,13-18,27-38H2,1-12H3. The molecule has 6 aromatic rings. The Bertz CT molecular complexity index is 2930. The number of allylic oxidation sites excluding steroid dienone is 2. The van der Waals surface area contributed by atoms with E-state index < -0.39 is 49.0 Å². The van der Waals surface area contributed by atoms with Crippen molar-refractivity contribution in [3.05, 3.63) is 81.5 Å². The Morgan fingerprint density at radius 2 is 0.654 bits per heavy atom. The van der Waals surface area contributed by atoms with Crippen LogP contribution >= 0.6 is 88.1 Å². The van der Waals surface area contributed by atoms with E-state index in [9.17, 15) is 0 Å². The van der Waals surface area contributed by atoms with E-state index in [1.807, 2.05) is 51.1 Å². The number of methoxy groups -OCH3 is 6. The molecule has 6 nitrogen and oxygen atoms in total. The molecule has 1 aliphatic rings. The van der Waals surface area contributed by atoms with E-state index in [4.69, 9.17) is 28.4 Å². The number of hydrogen-bond acceptors (Lipinski definition) is 12. The minimum atomic E-state index is -5.78. The fourth-order valence-corrected chi connectivity index (χ4v) is 27.3. The monoisotopic (exact) mass is 1280 g/mol. The molecule has 0 amide bonds. The van der Waals surface area contributed by atoms with Crippen molar-refractivity contribution in [1.29, 1.82) is 0 Å². The van der Waals surface area contributed by atoms with Crippen LogP contribution in [0.15, 0.2) is 69.1 Å². The Morgan fingerprint density at radius 1 is 0.370 bits per heavy atom. The molecule has 0 unspecified atom stereocenters. The van der Waals surface area contributed by atoms with Gasteiger partial charge >= 0.3 is 17.8 Å². The first-order valence-electron chi connectivity index (χ1n) is 27.5. The average molecular weight is 1280 g/mol. The van der Waals surface area contributed by atoms with Crippen molar-refractivity contribution in [2.24, 2.45) is 0 Å². The van der Waals surface area contributed by atoms with E-state index in [2.05, 4.69) is 32.9 Å². The predicted octanol–water partition coefficient (Wildman–Crippen LogP) is 19.7. The molecule has 0 aromatic carbocycles. The average Bonchev–Trinajstić information content (AvgIpc) is 1.74. The molecule has 0 aliphatic heterocycles. The van der Waals surface area contributed by atoms with Gasteiger partial charge in [-0.2, -0.15) is 26.3 Å². The lowest BCUT2D eigenvalue weighted by Crippen LogP contribution is -2.48. The second kappa shape index (κ2) is 28.2. The van der Waals surface area contributed by atoms with Gasteiger partial charge in [0.05, 0.1) is 9.75 Å². The van der Waals surface area contributed by atoms with Gasteiger partial charge in [-0.05, 0) is 145 Å². The molecule has 7 rings (SSSR count). The first-order chi connectivity index (χ1) is 38.4. The molecule has 1 aliphatic carbocycles. The van der Waals surface area contributed by atoms with Crippen LogP contribution in [0.2, 0.25) is 0 Å². The second-order valence-corrected chi connectivity index (χ2v) is 37.1. The molecule has 6 heterocycles. The van der Waals surface area contributed by atoms with Gasteiger partial charge in [0, 0.05) is 152 Å². The van der Waals surface area contributed by atoms with Crippen molar-refractivity contribution in [1.82, 2.24) is 0 Å². The van der Waals surface area contributed by atoms with Crippen molar-refractivity contribution < 1.29 is 54.8 Å². The van der Waals surface area contributed by atoms with Crippen molar-refractivity contribution >= 4 is 99.2 Å². The Morgan fingerprint density at radius 3 is 0.988 bits per heavy atom. The maximum Gasteiger partial charge on any atom is 0.380 e. The minimum Gasteiger partial charge on any atom is -0.385 e. The van der Waals surface area contributed by atoms with Gasteiger partial charge < -0.3 is 28.4 Å². The highest BCUT2D eigenvalue weighted by Crippen LogP contribution is 2.69. The number of alkyl halides is 6. The molecule has 0 fully saturated rings. The van der Waals surface area contributed by atoms with Gasteiger partial charge in [0.25, 0.3) is 0 Å². The molecular weight excluding hydrogens is 1200 g/mol. The molecular formula is C61H82F6O6S8. The summed E-state index contributed by atoms with van der Waals surface area (Å²) in [5.41, 5.74) is -3.85. The van der Waals surface area contributed by atoms with Crippen LogP contribution in [0.1, 0.15) is 101 Å². The molecule has 0 atom stereocenters. The molecule has 452 valence electrons. The fourth-order valence-electron chi connectivity index (χ4n) is 10.4. The molecule has 0 spiro atoms. The van der Waals surface area contributed by atoms with Gasteiger partial charge in [-0.3, -0.25) is 0 Å². The van der Waals surface area contributed by atoms with Crippen LogP contribution in [0.5, 0.6) is 0 Å². The van der Waals surface area contributed by atoms with Gasteiger partial charge in [-0.25, -0.2) is 20.1 Å². The number of ether oxygens (including phenoxy) is 6. The van der Waals surface area contributed by atoms with Crippen molar-refractivity contribution in [2.45, 2.75) is 117 Å². The zero-order chi connectivity index (χ0) is 59.0. The third kappa shape index (κ3) is 14.5. The third-order valence-corrected chi connectivity index (χ3v) is 33.4. The van der Waals surface area contributed by atoms with E-state index in [0.29, 0.717) is 59.1 Å². The zero-order valence-corrected chi connectivity index (χ0v) is 55.5. The summed E-state index contributed by atoms with van der Waals surface area (Å²) in [7, 11) is 6.98. The molecule has 0 saturated carbocycles. The van der Waals surface area contributed by atoms with Crippen molar-refractivity contribution in [3.63, 3.8) is 0 Å². The second-order valence-electron chi connectivity index (χ2n) is 22.6. The van der Waals surface area contributed by atoms with E-state index in [0.717, 1.165) is 96.8 Å². The smallest absolute Gasteiger partial charge is 0.380 e. The van der Waals surface area contributed by atoms with Crippen molar-refractivity contribution in [2.75, 3.05) is 117 Å². The van der Waals surface area contributed by atoms with E-state index in [1.165, 1.54) is 73.0 Å². The van der Waals surface area contributed by atoms with Gasteiger partial charge in [-0.1, -0.05) is 41.5 Å². The molecule has 0 radical (unpaired) electrons. The van der Waals surface area contributed by atoms with Crippen molar-refractivity contribution in [3.8, 4) is 39.0 Å². The SMILES string of the molecule is COCCCS(CCCOC)(CCCOC)c1ccc(-c2cc(C3=C(c4cc(-c5ccc(C(C)(C)C)s5)sc4-c4ccc(C(C)(C)C)s4)C(F)(F)C(F)(F)C3(F)F)c(-c3ccc(S(CCCOC)(CCCOC)CCCOC)s3)s2)s1. The van der Waals surface area contributed by atoms with Crippen LogP contribution in [0, 0.1) is 0 Å². The van der Waals surface area contributed by atoms with Gasteiger partial charge in [0.2, 0.25) is 0 Å². The summed E-state index contributed by atoms with van der Waals surface area (Å²) in [5, 5.41) is 0. The van der Waals surface area contributed by atoms with Crippen LogP contribution in [0.25, 0.3) is 50.2 Å². The summed E-state index contributed by atoms with van der Waals surface area (Å²) >= 11 is 8.28. The predicted molar refractivity (Wildman–Crippen MR) is 341 cm³/mol. The minimum absolute atomic E-state index is 0.239. The lowest BCUT2D eigenvalue weighted by atomic mass is 9.93. The molecule has 0 N–H and O–H groups in total. The summed E-state index contributed by atoms with van der Waals surface area (Å²) in [5.74, 6) is -11.2. The Labute approximate surface area is 504 Å². The topological polar surface area (TPSA) is 55.4 Å². The lowest BCUT2D eigenvalue weighted by Gasteiger charge is -2.40. The maximum absolute atomic E-state index is 17.8. The normalized spacial score (nSPS) is 16.1. The molecule has 81 heavy (non-hydrogen) atoms. The van der Waals surface area contributed by atoms with Crippen LogP contribution in [0.4, 0.5) is 26.3 Å². The first kappa shape index (κ1) is 66.5. The third-order valence-electron chi connectivity index (χ3n) is 14.6. The largest absolute Gasteiger partial charge is 0.385 e. The quantitative estimate of drug-likeness (QED) is 0.0310. The Balaban J connectivity index is 1.55. The summed E-state index contributed by atoms with van der Waals surface area (Å²) in [6.45, 7) is 15.7. The highest BCUT2D eigenvalue weighted by Gasteiger charge is 2.80. The van der Waals surface area contributed by atoms with Crippen LogP contribution in [-0.4, -0.2) is 135 Å². The zero-order valence-electron chi connectivity index (χ0n) is 49.0. The molecule has 0 bridgehead atoms. The number of halogens is 6. The van der Waals surface area contributed by atoms with Crippen LogP contribution in [-0.2, 0) is 39.3 Å². The van der Waals surface area contributed by atoms with E-state index in [-0.39, 0.29) is 31.7 Å². The lowest BCUT2D eigenvalue weighted by molar-refractivity contribution is -0.254. The number of rotatable bonds is 32. The van der Waals surface area contributed by atoms with E-state index in [1.54, 1.807) is 60.1 Å². The molecule has 6 aromatic heterocycles. The van der Waals surface area contributed by atoms with Gasteiger partial charge in [0.1, 0.15) is 0 Å². The number of hydrogen-bond donors (Lipinski definition) is 0. The summed E-state index contributed by atoms with van der Waals surface area (Å²) in [6, 6.07) is 18.6. The highest BCUT2D eigenvalue weighted by molar-refractivity contribution is 8.35. The summed E-state index contributed by atoms with van der Waals surface area (Å²) in [4.78, 5) is 6.15. The Hall–Kier alpha value is -2.02. The highest BCUT2D eigenvalue weighted by atomic mass is 32.3. The maximum atomic E-state index is 17.8. The first-order valence-corrected chi connectivity index (χ1v) is 36.6. The van der Waals surface area contributed by atoms with Crippen LogP contribution < -0.4 is 0 Å². The summed E-state index contributed by atoms with van der Waals surface area (Å²) < 4.78 is 140. The fraction of sp³-hybridized carbons (Fsp3) is 0.574. The van der Waals surface area contributed by atoms with Crippen LogP contribution in [0.3, 0.4) is 0 Å². The van der Waals surface area contributed by atoms with Gasteiger partial charge in [-0.15, -0.1) is 68.0 Å². The molecule has 20 heteroatoms. The Kier molecular flexibility index (Phi) is 23.2. The van der Waals surface area contributed by atoms with Gasteiger partial charge in [0.15, 0.2) is 0 Å².